The second-order valence-electron chi connectivity index (χ2n) is 4.25. The number of amides is 2. The number of likely N-dealkylation sites (N-methyl/N-ethyl adjacent to an activating group) is 1. The maximum absolute atomic E-state index is 12.3. The second kappa shape index (κ2) is 6.36. The summed E-state index contributed by atoms with van der Waals surface area (Å²) in [6.45, 7) is 2.18. The first-order valence-electron chi connectivity index (χ1n) is 6.20. The van der Waals surface area contributed by atoms with Gasteiger partial charge < -0.3 is 4.74 Å². The number of benzene rings is 1. The van der Waals surface area contributed by atoms with Gasteiger partial charge in [-0.25, -0.2) is 0 Å². The lowest BCUT2D eigenvalue weighted by Gasteiger charge is -2.27. The topological polar surface area (TPSA) is 58.6 Å². The van der Waals surface area contributed by atoms with E-state index in [0.29, 0.717) is 17.9 Å². The van der Waals surface area contributed by atoms with Crippen molar-refractivity contribution in [1.29, 1.82) is 0 Å². The molecule has 7 heteroatoms. The van der Waals surface area contributed by atoms with Crippen LogP contribution in [0.2, 0.25) is 0 Å². The van der Waals surface area contributed by atoms with Crippen LogP contribution in [-0.2, 0) is 9.59 Å². The average molecular weight is 369 g/mol. The summed E-state index contributed by atoms with van der Waals surface area (Å²) in [5.74, 6) is -0.340. The number of hydrogen-bond acceptors (Lipinski definition) is 4. The van der Waals surface area contributed by atoms with Crippen LogP contribution in [0.4, 0.5) is 0 Å². The van der Waals surface area contributed by atoms with Crippen LogP contribution in [0.15, 0.2) is 28.2 Å². The number of nitrogens with zero attached hydrogens (tertiary/aromatic N) is 1. The van der Waals surface area contributed by atoms with Crippen LogP contribution in [0.3, 0.4) is 0 Å². The van der Waals surface area contributed by atoms with E-state index < -0.39 is 11.8 Å². The summed E-state index contributed by atoms with van der Waals surface area (Å²) in [5, 5.41) is 2.64. The number of nitrogens with one attached hydrogen (secondary N) is 1. The normalized spacial score (nSPS) is 17.2. The van der Waals surface area contributed by atoms with E-state index in [1.165, 1.54) is 18.1 Å². The summed E-state index contributed by atoms with van der Waals surface area (Å²) < 4.78 is 6.06. The van der Waals surface area contributed by atoms with Crippen molar-refractivity contribution in [1.82, 2.24) is 10.2 Å². The van der Waals surface area contributed by atoms with Gasteiger partial charge in [0.2, 0.25) is 0 Å². The highest BCUT2D eigenvalue weighted by molar-refractivity contribution is 9.10. The van der Waals surface area contributed by atoms with E-state index in [2.05, 4.69) is 21.2 Å². The Bertz CT molecular complexity index is 658. The molecule has 1 heterocycles. The summed E-state index contributed by atoms with van der Waals surface area (Å²) in [6, 6.07) is 5.34. The Labute approximate surface area is 136 Å². The fourth-order valence-electron chi connectivity index (χ4n) is 1.95. The zero-order chi connectivity index (χ0) is 15.6. The van der Waals surface area contributed by atoms with Gasteiger partial charge >= 0.3 is 0 Å². The summed E-state index contributed by atoms with van der Waals surface area (Å²) in [4.78, 5) is 25.7. The van der Waals surface area contributed by atoms with Crippen molar-refractivity contribution in [2.45, 2.75) is 6.92 Å². The largest absolute Gasteiger partial charge is 0.496 e. The smallest absolute Gasteiger partial charge is 0.265 e. The van der Waals surface area contributed by atoms with Crippen LogP contribution < -0.4 is 10.1 Å². The third-order valence-electron chi connectivity index (χ3n) is 2.99. The molecule has 0 atom stereocenters. The molecule has 110 valence electrons. The number of thiocarbonyl (C=S) groups is 1. The minimum atomic E-state index is -0.503. The van der Waals surface area contributed by atoms with Gasteiger partial charge in [0.05, 0.1) is 7.11 Å². The van der Waals surface area contributed by atoms with Gasteiger partial charge in [0.25, 0.3) is 11.8 Å². The van der Waals surface area contributed by atoms with Crippen molar-refractivity contribution in [3.05, 3.63) is 33.8 Å². The van der Waals surface area contributed by atoms with Gasteiger partial charge in [0.15, 0.2) is 5.11 Å². The van der Waals surface area contributed by atoms with E-state index in [0.717, 1.165) is 4.47 Å². The maximum atomic E-state index is 12.3. The van der Waals surface area contributed by atoms with E-state index >= 15 is 0 Å². The Morgan fingerprint density at radius 1 is 1.43 bits per heavy atom. The van der Waals surface area contributed by atoms with Crippen LogP contribution in [0.25, 0.3) is 6.08 Å². The number of rotatable bonds is 3. The summed E-state index contributed by atoms with van der Waals surface area (Å²) >= 11 is 8.34. The first-order chi connectivity index (χ1) is 9.97. The zero-order valence-corrected chi connectivity index (χ0v) is 13.9. The van der Waals surface area contributed by atoms with Gasteiger partial charge in [-0.1, -0.05) is 15.9 Å². The predicted molar refractivity (Wildman–Crippen MR) is 86.8 cm³/mol. The Balaban J connectivity index is 2.48. The van der Waals surface area contributed by atoms with Gasteiger partial charge in [-0.05, 0) is 43.4 Å². The van der Waals surface area contributed by atoms with Gasteiger partial charge in [-0.15, -0.1) is 0 Å². The summed E-state index contributed by atoms with van der Waals surface area (Å²) in [6.07, 6.45) is 1.51. The third kappa shape index (κ3) is 3.14. The van der Waals surface area contributed by atoms with Crippen molar-refractivity contribution >= 4 is 51.2 Å². The molecule has 1 aromatic rings. The van der Waals surface area contributed by atoms with Crippen molar-refractivity contribution in [2.75, 3.05) is 13.7 Å². The molecule has 0 saturated carbocycles. The molecule has 1 fully saturated rings. The third-order valence-corrected chi connectivity index (χ3v) is 3.81. The highest BCUT2D eigenvalue weighted by Gasteiger charge is 2.32. The van der Waals surface area contributed by atoms with Gasteiger partial charge in [-0.3, -0.25) is 19.8 Å². The molecule has 1 aromatic carbocycles. The fraction of sp³-hybridized carbons (Fsp3) is 0.214. The Morgan fingerprint density at radius 2 is 2.14 bits per heavy atom. The van der Waals surface area contributed by atoms with Crippen molar-refractivity contribution in [3.63, 3.8) is 0 Å². The Morgan fingerprint density at radius 3 is 2.76 bits per heavy atom. The monoisotopic (exact) mass is 368 g/mol. The molecule has 0 bridgehead atoms. The number of carbonyl (C=O) groups excluding carboxylic acids is 2. The minimum absolute atomic E-state index is 0.0295. The molecule has 5 nitrogen and oxygen atoms in total. The molecule has 2 amide bonds. The van der Waals surface area contributed by atoms with Crippen LogP contribution in [0.5, 0.6) is 5.75 Å². The first-order valence-corrected chi connectivity index (χ1v) is 7.40. The molecule has 0 spiro atoms. The maximum Gasteiger partial charge on any atom is 0.265 e. The molecular formula is C14H13BrN2O3S. The Kier molecular flexibility index (Phi) is 4.74. The highest BCUT2D eigenvalue weighted by Crippen LogP contribution is 2.26. The summed E-state index contributed by atoms with van der Waals surface area (Å²) in [5.41, 5.74) is 0.663. The highest BCUT2D eigenvalue weighted by atomic mass is 79.9. The number of halogens is 1. The first kappa shape index (κ1) is 15.7. The SMILES string of the molecule is CCN1C(=O)/C(=C/c2cc(Br)ccc2OC)C(=O)NC1=S. The molecule has 0 aliphatic carbocycles. The number of ether oxygens (including phenoxy) is 1. The van der Waals surface area contributed by atoms with E-state index in [1.807, 2.05) is 6.07 Å². The van der Waals surface area contributed by atoms with Gasteiger partial charge in [-0.2, -0.15) is 0 Å². The van der Waals surface area contributed by atoms with Crippen LogP contribution >= 0.6 is 28.1 Å². The number of hydrogen-bond donors (Lipinski definition) is 1. The molecule has 1 N–H and O–H groups in total. The molecule has 1 saturated heterocycles. The summed E-state index contributed by atoms with van der Waals surface area (Å²) in [7, 11) is 1.53. The van der Waals surface area contributed by atoms with Crippen LogP contribution in [0, 0.1) is 0 Å². The molecule has 2 rings (SSSR count). The minimum Gasteiger partial charge on any atom is -0.496 e. The van der Waals surface area contributed by atoms with Crippen LogP contribution in [0.1, 0.15) is 12.5 Å². The molecule has 1 aliphatic rings. The molecule has 1 aliphatic heterocycles. The molecule has 21 heavy (non-hydrogen) atoms. The number of carbonyl (C=O) groups is 2. The molecule has 0 radical (unpaired) electrons. The van der Waals surface area contributed by atoms with E-state index in [1.54, 1.807) is 19.1 Å². The van der Waals surface area contributed by atoms with E-state index in [9.17, 15) is 9.59 Å². The Hall–Kier alpha value is -1.73. The molecule has 0 unspecified atom stereocenters. The van der Waals surface area contributed by atoms with Crippen molar-refractivity contribution in [3.8, 4) is 5.75 Å². The molecular weight excluding hydrogens is 356 g/mol. The van der Waals surface area contributed by atoms with E-state index in [4.69, 9.17) is 17.0 Å². The second-order valence-corrected chi connectivity index (χ2v) is 5.56. The predicted octanol–water partition coefficient (Wildman–Crippen LogP) is 2.10. The zero-order valence-electron chi connectivity index (χ0n) is 11.5. The lowest BCUT2D eigenvalue weighted by Crippen LogP contribution is -2.53. The lowest BCUT2D eigenvalue weighted by molar-refractivity contribution is -0.128. The fourth-order valence-corrected chi connectivity index (χ4v) is 2.64. The van der Waals surface area contributed by atoms with Crippen LogP contribution in [-0.4, -0.2) is 35.5 Å². The lowest BCUT2D eigenvalue weighted by atomic mass is 10.1. The van der Waals surface area contributed by atoms with Gasteiger partial charge in [0, 0.05) is 16.6 Å². The quantitative estimate of drug-likeness (QED) is 0.504. The molecule has 0 aromatic heterocycles. The van der Waals surface area contributed by atoms with Crippen molar-refractivity contribution in [2.24, 2.45) is 0 Å². The van der Waals surface area contributed by atoms with E-state index in [-0.39, 0.29) is 10.7 Å². The number of methoxy groups -OCH3 is 1. The van der Waals surface area contributed by atoms with Gasteiger partial charge in [0.1, 0.15) is 11.3 Å². The van der Waals surface area contributed by atoms with Crippen molar-refractivity contribution < 1.29 is 14.3 Å². The average Bonchev–Trinajstić information content (AvgIpc) is 2.44. The standard InChI is InChI=1S/C14H13BrN2O3S/c1-3-17-13(19)10(12(18)16-14(17)21)7-8-6-9(15)4-5-11(8)20-2/h4-7H,3H2,1-2H3,(H,16,18,21)/b10-7+.